The van der Waals surface area contributed by atoms with Crippen molar-refractivity contribution in [3.05, 3.63) is 53.1 Å². The number of benzene rings is 2. The van der Waals surface area contributed by atoms with Crippen LogP contribution in [0.2, 0.25) is 5.02 Å². The van der Waals surface area contributed by atoms with Gasteiger partial charge in [0.25, 0.3) is 5.91 Å². The number of rotatable bonds is 4. The van der Waals surface area contributed by atoms with E-state index in [-0.39, 0.29) is 11.7 Å². The van der Waals surface area contributed by atoms with Crippen LogP contribution in [0.3, 0.4) is 0 Å². The quantitative estimate of drug-likeness (QED) is 0.884. The number of amides is 1. The highest BCUT2D eigenvalue weighted by molar-refractivity contribution is 7.93. The molecule has 1 aliphatic heterocycles. The fraction of sp³-hybridized carbons (Fsp3) is 0.235. The Balaban J connectivity index is 1.86. The molecule has 25 heavy (non-hydrogen) atoms. The molecule has 1 fully saturated rings. The smallest absolute Gasteiger partial charge is 0.259 e. The average molecular weight is 381 g/mol. The maximum Gasteiger partial charge on any atom is 0.259 e. The minimum Gasteiger partial charge on any atom is -0.496 e. The van der Waals surface area contributed by atoms with Crippen LogP contribution in [0, 0.1) is 0 Å². The lowest BCUT2D eigenvalue weighted by molar-refractivity contribution is 0.102. The van der Waals surface area contributed by atoms with Crippen LogP contribution in [0.4, 0.5) is 11.4 Å². The number of hydrogen-bond donors (Lipinski definition) is 1. The van der Waals surface area contributed by atoms with Crippen LogP contribution in [0.25, 0.3) is 0 Å². The average Bonchev–Trinajstić information content (AvgIpc) is 2.94. The van der Waals surface area contributed by atoms with Crippen molar-refractivity contribution >= 4 is 38.9 Å². The predicted octanol–water partition coefficient (Wildman–Crippen LogP) is 3.14. The SMILES string of the molecule is COc1ccc(Cl)cc1C(=O)Nc1cccc(N2CCCS2(=O)=O)c1. The van der Waals surface area contributed by atoms with Gasteiger partial charge in [-0.1, -0.05) is 17.7 Å². The highest BCUT2D eigenvalue weighted by Crippen LogP contribution is 2.28. The third-order valence-corrected chi connectivity index (χ3v) is 6.00. The van der Waals surface area contributed by atoms with Crippen molar-refractivity contribution < 1.29 is 17.9 Å². The van der Waals surface area contributed by atoms with Gasteiger partial charge in [0.2, 0.25) is 10.0 Å². The molecule has 0 spiro atoms. The number of carbonyl (C=O) groups excluding carboxylic acids is 1. The van der Waals surface area contributed by atoms with Crippen molar-refractivity contribution in [3.8, 4) is 5.75 Å². The maximum atomic E-state index is 12.5. The van der Waals surface area contributed by atoms with Crippen LogP contribution in [0.1, 0.15) is 16.8 Å². The van der Waals surface area contributed by atoms with Gasteiger partial charge in [-0.05, 0) is 42.8 Å². The fourth-order valence-corrected chi connectivity index (χ4v) is 4.45. The molecular formula is C17H17ClN2O4S. The Morgan fingerprint density at radius 3 is 2.72 bits per heavy atom. The number of nitrogens with one attached hydrogen (secondary N) is 1. The van der Waals surface area contributed by atoms with Crippen molar-refractivity contribution in [1.29, 1.82) is 0 Å². The Bertz CT molecular complexity index is 915. The molecule has 1 amide bonds. The van der Waals surface area contributed by atoms with Gasteiger partial charge in [0.1, 0.15) is 5.75 Å². The number of halogens is 1. The van der Waals surface area contributed by atoms with Crippen LogP contribution in [-0.2, 0) is 10.0 Å². The van der Waals surface area contributed by atoms with E-state index >= 15 is 0 Å². The highest BCUT2D eigenvalue weighted by atomic mass is 35.5. The van der Waals surface area contributed by atoms with Gasteiger partial charge in [-0.2, -0.15) is 0 Å². The minimum absolute atomic E-state index is 0.142. The minimum atomic E-state index is -3.27. The second-order valence-corrected chi connectivity index (χ2v) is 8.04. The second-order valence-electron chi connectivity index (χ2n) is 5.59. The first kappa shape index (κ1) is 17.6. The Morgan fingerprint density at radius 1 is 1.24 bits per heavy atom. The molecule has 1 aliphatic rings. The third kappa shape index (κ3) is 3.72. The zero-order chi connectivity index (χ0) is 18.0. The highest BCUT2D eigenvalue weighted by Gasteiger charge is 2.28. The molecule has 1 heterocycles. The first-order valence-corrected chi connectivity index (χ1v) is 9.65. The van der Waals surface area contributed by atoms with Crippen molar-refractivity contribution in [2.75, 3.05) is 29.0 Å². The summed E-state index contributed by atoms with van der Waals surface area (Å²) in [4.78, 5) is 12.5. The monoisotopic (exact) mass is 380 g/mol. The van der Waals surface area contributed by atoms with Gasteiger partial charge in [-0.3, -0.25) is 9.10 Å². The van der Waals surface area contributed by atoms with Crippen LogP contribution in [0.5, 0.6) is 5.75 Å². The summed E-state index contributed by atoms with van der Waals surface area (Å²) in [5.74, 6) is 0.157. The molecule has 8 heteroatoms. The molecule has 0 unspecified atom stereocenters. The standard InChI is InChI=1S/C17H17ClN2O4S/c1-24-16-7-6-12(18)10-15(16)17(21)19-13-4-2-5-14(11-13)20-8-3-9-25(20,22)23/h2,4-7,10-11H,3,8-9H2,1H3,(H,19,21). The van der Waals surface area contributed by atoms with Gasteiger partial charge in [-0.15, -0.1) is 0 Å². The van der Waals surface area contributed by atoms with Crippen LogP contribution in [0.15, 0.2) is 42.5 Å². The van der Waals surface area contributed by atoms with Crippen LogP contribution < -0.4 is 14.4 Å². The van der Waals surface area contributed by atoms with E-state index in [1.165, 1.54) is 17.5 Å². The van der Waals surface area contributed by atoms with E-state index in [9.17, 15) is 13.2 Å². The molecule has 132 valence electrons. The molecule has 6 nitrogen and oxygen atoms in total. The summed E-state index contributed by atoms with van der Waals surface area (Å²) < 4.78 is 30.6. The summed E-state index contributed by atoms with van der Waals surface area (Å²) in [7, 11) is -1.80. The maximum absolute atomic E-state index is 12.5. The van der Waals surface area contributed by atoms with Crippen molar-refractivity contribution in [1.82, 2.24) is 0 Å². The zero-order valence-corrected chi connectivity index (χ0v) is 15.1. The normalized spacial score (nSPS) is 15.8. The summed E-state index contributed by atoms with van der Waals surface area (Å²) >= 11 is 5.95. The second kappa shape index (κ2) is 6.93. The van der Waals surface area contributed by atoms with E-state index < -0.39 is 10.0 Å². The molecule has 0 saturated carbocycles. The molecule has 0 atom stereocenters. The summed E-state index contributed by atoms with van der Waals surface area (Å²) in [5.41, 5.74) is 1.33. The van der Waals surface area contributed by atoms with E-state index in [4.69, 9.17) is 16.3 Å². The predicted molar refractivity (Wildman–Crippen MR) is 98.1 cm³/mol. The van der Waals surface area contributed by atoms with E-state index in [1.807, 2.05) is 0 Å². The van der Waals surface area contributed by atoms with Gasteiger partial charge >= 0.3 is 0 Å². The van der Waals surface area contributed by atoms with E-state index in [0.29, 0.717) is 40.7 Å². The third-order valence-electron chi connectivity index (χ3n) is 3.90. The van der Waals surface area contributed by atoms with Gasteiger partial charge in [0.05, 0.1) is 24.1 Å². The molecule has 3 rings (SSSR count). The van der Waals surface area contributed by atoms with E-state index in [1.54, 1.807) is 36.4 Å². The summed E-state index contributed by atoms with van der Waals surface area (Å²) in [5, 5.41) is 3.17. The summed E-state index contributed by atoms with van der Waals surface area (Å²) in [6.45, 7) is 0.446. The molecule has 0 radical (unpaired) electrons. The number of hydrogen-bond acceptors (Lipinski definition) is 4. The van der Waals surface area contributed by atoms with Gasteiger partial charge in [0.15, 0.2) is 0 Å². The Labute approximate surface area is 151 Å². The molecule has 2 aromatic rings. The fourth-order valence-electron chi connectivity index (χ4n) is 2.72. The number of anilines is 2. The Kier molecular flexibility index (Phi) is 4.87. The zero-order valence-electron chi connectivity index (χ0n) is 13.5. The molecule has 0 aromatic heterocycles. The van der Waals surface area contributed by atoms with Gasteiger partial charge in [-0.25, -0.2) is 8.42 Å². The summed E-state index contributed by atoms with van der Waals surface area (Å²) in [6.07, 6.45) is 0.596. The molecule has 0 bridgehead atoms. The lowest BCUT2D eigenvalue weighted by Crippen LogP contribution is -2.25. The molecule has 0 aliphatic carbocycles. The Hall–Kier alpha value is -2.25. The van der Waals surface area contributed by atoms with Gasteiger partial charge in [0, 0.05) is 17.3 Å². The molecular weight excluding hydrogens is 364 g/mol. The van der Waals surface area contributed by atoms with Crippen molar-refractivity contribution in [2.24, 2.45) is 0 Å². The molecule has 1 saturated heterocycles. The summed E-state index contributed by atoms with van der Waals surface area (Å²) in [6, 6.07) is 11.5. The first-order valence-electron chi connectivity index (χ1n) is 7.66. The lowest BCUT2D eigenvalue weighted by atomic mass is 10.1. The largest absolute Gasteiger partial charge is 0.496 e. The number of carbonyl (C=O) groups is 1. The van der Waals surface area contributed by atoms with Crippen molar-refractivity contribution in [3.63, 3.8) is 0 Å². The van der Waals surface area contributed by atoms with Crippen LogP contribution >= 0.6 is 11.6 Å². The van der Waals surface area contributed by atoms with E-state index in [2.05, 4.69) is 5.32 Å². The number of methoxy groups -OCH3 is 1. The first-order chi connectivity index (χ1) is 11.9. The van der Waals surface area contributed by atoms with E-state index in [0.717, 1.165) is 0 Å². The molecule has 1 N–H and O–H groups in total. The van der Waals surface area contributed by atoms with Crippen molar-refractivity contribution in [2.45, 2.75) is 6.42 Å². The number of ether oxygens (including phenoxy) is 1. The number of nitrogens with zero attached hydrogens (tertiary/aromatic N) is 1. The lowest BCUT2D eigenvalue weighted by Gasteiger charge is -2.18. The van der Waals surface area contributed by atoms with Crippen LogP contribution in [-0.4, -0.2) is 33.7 Å². The topological polar surface area (TPSA) is 75.7 Å². The molecule has 2 aromatic carbocycles. The Morgan fingerprint density at radius 2 is 2.04 bits per heavy atom. The number of sulfonamides is 1. The van der Waals surface area contributed by atoms with Gasteiger partial charge < -0.3 is 10.1 Å².